The first-order valence-electron chi connectivity index (χ1n) is 5.49. The summed E-state index contributed by atoms with van der Waals surface area (Å²) in [6.07, 6.45) is 3.10. The molecular formula is C11H10Br2N4O2S. The molecule has 20 heavy (non-hydrogen) atoms. The molecule has 2 rings (SSSR count). The van der Waals surface area contributed by atoms with Crippen LogP contribution in [0, 0.1) is 0 Å². The van der Waals surface area contributed by atoms with E-state index in [0.717, 1.165) is 8.26 Å². The van der Waals surface area contributed by atoms with Crippen LogP contribution in [-0.2, 0) is 11.3 Å². The maximum absolute atomic E-state index is 12.0. The van der Waals surface area contributed by atoms with E-state index < -0.39 is 0 Å². The van der Waals surface area contributed by atoms with Gasteiger partial charge in [-0.3, -0.25) is 14.3 Å². The minimum atomic E-state index is -0.221. The van der Waals surface area contributed by atoms with Gasteiger partial charge in [-0.2, -0.15) is 5.10 Å². The van der Waals surface area contributed by atoms with Crippen molar-refractivity contribution < 1.29 is 9.59 Å². The third-order valence-corrected chi connectivity index (χ3v) is 5.60. The zero-order valence-electron chi connectivity index (χ0n) is 10.3. The van der Waals surface area contributed by atoms with Gasteiger partial charge in [-0.05, 0) is 37.9 Å². The minimum Gasteiger partial charge on any atom is -0.358 e. The summed E-state index contributed by atoms with van der Waals surface area (Å²) in [5.74, 6) is -0.377. The molecule has 0 radical (unpaired) electrons. The largest absolute Gasteiger partial charge is 0.358 e. The van der Waals surface area contributed by atoms with Crippen molar-refractivity contribution in [1.82, 2.24) is 15.1 Å². The predicted molar refractivity (Wildman–Crippen MR) is 84.0 cm³/mol. The van der Waals surface area contributed by atoms with Crippen LogP contribution in [0.15, 0.2) is 26.7 Å². The molecular weight excluding hydrogens is 412 g/mol. The third kappa shape index (κ3) is 3.68. The minimum absolute atomic E-state index is 0.114. The van der Waals surface area contributed by atoms with Crippen LogP contribution in [0.2, 0.25) is 0 Å². The summed E-state index contributed by atoms with van der Waals surface area (Å²) in [7, 11) is 1.56. The molecule has 106 valence electrons. The lowest BCUT2D eigenvalue weighted by atomic mass is 10.4. The Morgan fingerprint density at radius 2 is 2.20 bits per heavy atom. The maximum Gasteiger partial charge on any atom is 0.265 e. The molecule has 0 aromatic carbocycles. The number of hydrogen-bond acceptors (Lipinski definition) is 4. The Morgan fingerprint density at radius 1 is 1.45 bits per heavy atom. The fraction of sp³-hybridized carbons (Fsp3) is 0.182. The second-order valence-corrected chi connectivity index (χ2v) is 7.01. The van der Waals surface area contributed by atoms with E-state index in [0.29, 0.717) is 10.6 Å². The van der Waals surface area contributed by atoms with Crippen LogP contribution in [0.1, 0.15) is 9.67 Å². The van der Waals surface area contributed by atoms with E-state index in [9.17, 15) is 9.59 Å². The van der Waals surface area contributed by atoms with Crippen molar-refractivity contribution in [3.63, 3.8) is 0 Å². The van der Waals surface area contributed by atoms with Gasteiger partial charge in [0.15, 0.2) is 0 Å². The average molecular weight is 422 g/mol. The molecule has 9 heteroatoms. The first-order valence-corrected chi connectivity index (χ1v) is 7.89. The van der Waals surface area contributed by atoms with E-state index in [2.05, 4.69) is 47.6 Å². The quantitative estimate of drug-likeness (QED) is 0.796. The molecule has 2 heterocycles. The number of rotatable bonds is 4. The smallest absolute Gasteiger partial charge is 0.265 e. The van der Waals surface area contributed by atoms with Crippen molar-refractivity contribution in [2.75, 3.05) is 12.4 Å². The average Bonchev–Trinajstić information content (AvgIpc) is 2.97. The molecule has 0 saturated heterocycles. The Morgan fingerprint density at radius 3 is 2.80 bits per heavy atom. The molecule has 0 aliphatic heterocycles. The van der Waals surface area contributed by atoms with E-state index in [4.69, 9.17) is 0 Å². The van der Waals surface area contributed by atoms with E-state index in [1.807, 2.05) is 0 Å². The SMILES string of the molecule is CNC(=O)Cn1cc(NC(=O)c2cc(Br)c(Br)s2)cn1. The number of amides is 2. The molecule has 0 saturated carbocycles. The molecule has 0 spiro atoms. The molecule has 0 fully saturated rings. The van der Waals surface area contributed by atoms with E-state index in [-0.39, 0.29) is 18.4 Å². The summed E-state index contributed by atoms with van der Waals surface area (Å²) < 4.78 is 3.15. The summed E-state index contributed by atoms with van der Waals surface area (Å²) in [5, 5.41) is 9.23. The highest BCUT2D eigenvalue weighted by molar-refractivity contribution is 9.13. The van der Waals surface area contributed by atoms with E-state index in [1.165, 1.54) is 22.2 Å². The molecule has 2 aromatic heterocycles. The van der Waals surface area contributed by atoms with Crippen molar-refractivity contribution in [2.45, 2.75) is 6.54 Å². The summed E-state index contributed by atoms with van der Waals surface area (Å²) in [6, 6.07) is 1.74. The summed E-state index contributed by atoms with van der Waals surface area (Å²) in [6.45, 7) is 0.114. The van der Waals surface area contributed by atoms with Gasteiger partial charge < -0.3 is 10.6 Å². The van der Waals surface area contributed by atoms with Gasteiger partial charge in [-0.1, -0.05) is 0 Å². The van der Waals surface area contributed by atoms with E-state index >= 15 is 0 Å². The number of anilines is 1. The lowest BCUT2D eigenvalue weighted by Gasteiger charge is -2.00. The molecule has 0 aliphatic carbocycles. The fourth-order valence-corrected chi connectivity index (χ4v) is 3.32. The first kappa shape index (κ1) is 15.2. The Labute approximate surface area is 135 Å². The van der Waals surface area contributed by atoms with Gasteiger partial charge >= 0.3 is 0 Å². The Balaban J connectivity index is 2.03. The van der Waals surface area contributed by atoms with Gasteiger partial charge in [-0.25, -0.2) is 0 Å². The van der Waals surface area contributed by atoms with Gasteiger partial charge in [-0.15, -0.1) is 11.3 Å². The number of hydrogen-bond donors (Lipinski definition) is 2. The normalized spacial score (nSPS) is 10.3. The molecule has 0 unspecified atom stereocenters. The van der Waals surface area contributed by atoms with Gasteiger partial charge in [0, 0.05) is 17.7 Å². The van der Waals surface area contributed by atoms with Crippen LogP contribution in [0.5, 0.6) is 0 Å². The highest BCUT2D eigenvalue weighted by atomic mass is 79.9. The number of carbonyl (C=O) groups excluding carboxylic acids is 2. The van der Waals surface area contributed by atoms with Crippen molar-refractivity contribution >= 4 is 60.7 Å². The predicted octanol–water partition coefficient (Wildman–Crippen LogP) is 2.47. The molecule has 2 aromatic rings. The van der Waals surface area contributed by atoms with Crippen molar-refractivity contribution in [3.05, 3.63) is 31.6 Å². The van der Waals surface area contributed by atoms with Crippen LogP contribution in [-0.4, -0.2) is 28.6 Å². The highest BCUT2D eigenvalue weighted by Crippen LogP contribution is 2.32. The highest BCUT2D eigenvalue weighted by Gasteiger charge is 2.13. The number of nitrogens with one attached hydrogen (secondary N) is 2. The van der Waals surface area contributed by atoms with Gasteiger partial charge in [0.1, 0.15) is 6.54 Å². The van der Waals surface area contributed by atoms with E-state index in [1.54, 1.807) is 19.3 Å². The lowest BCUT2D eigenvalue weighted by molar-refractivity contribution is -0.121. The number of nitrogens with zero attached hydrogens (tertiary/aromatic N) is 2. The molecule has 0 atom stereocenters. The topological polar surface area (TPSA) is 76.0 Å². The van der Waals surface area contributed by atoms with Gasteiger partial charge in [0.25, 0.3) is 5.91 Å². The molecule has 2 N–H and O–H groups in total. The van der Waals surface area contributed by atoms with Crippen molar-refractivity contribution in [1.29, 1.82) is 0 Å². The van der Waals surface area contributed by atoms with Crippen molar-refractivity contribution in [2.24, 2.45) is 0 Å². The zero-order chi connectivity index (χ0) is 14.7. The molecule has 6 nitrogen and oxygen atoms in total. The number of thiophene rings is 1. The maximum atomic E-state index is 12.0. The Hall–Kier alpha value is -1.19. The number of carbonyl (C=O) groups is 2. The van der Waals surface area contributed by atoms with Crippen LogP contribution < -0.4 is 10.6 Å². The summed E-state index contributed by atoms with van der Waals surface area (Å²) >= 11 is 8.00. The number of halogens is 2. The van der Waals surface area contributed by atoms with Crippen LogP contribution in [0.3, 0.4) is 0 Å². The van der Waals surface area contributed by atoms with Crippen LogP contribution >= 0.6 is 43.2 Å². The fourth-order valence-electron chi connectivity index (χ4n) is 1.39. The summed E-state index contributed by atoms with van der Waals surface area (Å²) in [5.41, 5.74) is 0.541. The second-order valence-electron chi connectivity index (χ2n) is 3.79. The number of likely N-dealkylation sites (N-methyl/N-ethyl adjacent to an activating group) is 1. The zero-order valence-corrected chi connectivity index (χ0v) is 14.3. The first-order chi connectivity index (χ1) is 9.49. The summed E-state index contributed by atoms with van der Waals surface area (Å²) in [4.78, 5) is 23.8. The van der Waals surface area contributed by atoms with Gasteiger partial charge in [0.05, 0.1) is 20.5 Å². The molecule has 0 aliphatic rings. The monoisotopic (exact) mass is 420 g/mol. The molecule has 2 amide bonds. The Kier molecular flexibility index (Phi) is 4.95. The third-order valence-electron chi connectivity index (χ3n) is 2.34. The van der Waals surface area contributed by atoms with Crippen LogP contribution in [0.4, 0.5) is 5.69 Å². The second kappa shape index (κ2) is 6.51. The van der Waals surface area contributed by atoms with Gasteiger partial charge in [0.2, 0.25) is 5.91 Å². The van der Waals surface area contributed by atoms with Crippen LogP contribution in [0.25, 0.3) is 0 Å². The standard InChI is InChI=1S/C11H10Br2N4O2S/c1-14-9(18)5-17-4-6(3-15-17)16-11(19)8-2-7(12)10(13)20-8/h2-4H,5H2,1H3,(H,14,18)(H,16,19). The number of aromatic nitrogens is 2. The molecule has 0 bridgehead atoms. The lowest BCUT2D eigenvalue weighted by Crippen LogP contribution is -2.23. The van der Waals surface area contributed by atoms with Crippen molar-refractivity contribution in [3.8, 4) is 0 Å². The Bertz CT molecular complexity index is 633.